The number of piperidine rings is 1. The third-order valence-corrected chi connectivity index (χ3v) is 5.19. The lowest BCUT2D eigenvalue weighted by atomic mass is 9.85. The average Bonchev–Trinajstić information content (AvgIpc) is 2.98. The van der Waals surface area contributed by atoms with Gasteiger partial charge in [0.15, 0.2) is 0 Å². The molecule has 2 rings (SSSR count). The van der Waals surface area contributed by atoms with Crippen molar-refractivity contribution in [3.8, 4) is 0 Å². The number of carbonyl (C=O) groups excluding carboxylic acids is 1. The molecular weight excluding hydrogens is 329 g/mol. The van der Waals surface area contributed by atoms with Crippen molar-refractivity contribution in [1.82, 2.24) is 10.6 Å². The van der Waals surface area contributed by atoms with Crippen molar-refractivity contribution in [1.29, 1.82) is 0 Å². The highest BCUT2D eigenvalue weighted by Crippen LogP contribution is 2.36. The second-order valence-electron chi connectivity index (χ2n) is 6.92. The van der Waals surface area contributed by atoms with Crippen LogP contribution in [-0.4, -0.2) is 31.2 Å². The lowest BCUT2D eigenvalue weighted by Crippen LogP contribution is -2.50. The van der Waals surface area contributed by atoms with E-state index in [1.165, 1.54) is 0 Å². The SMILES string of the molecule is CC(CC(=O)NC(C1CCCC1)C(F)(F)F)C1CCCNC1.Cl. The molecule has 1 heterocycles. The molecule has 2 fully saturated rings. The van der Waals surface area contributed by atoms with Gasteiger partial charge in [0.1, 0.15) is 6.04 Å². The molecule has 0 radical (unpaired) electrons. The lowest BCUT2D eigenvalue weighted by Gasteiger charge is -2.30. The second kappa shape index (κ2) is 9.11. The van der Waals surface area contributed by atoms with E-state index in [2.05, 4.69) is 10.6 Å². The minimum atomic E-state index is -4.35. The van der Waals surface area contributed by atoms with E-state index in [9.17, 15) is 18.0 Å². The van der Waals surface area contributed by atoms with E-state index in [0.29, 0.717) is 18.8 Å². The third kappa shape index (κ3) is 6.14. The van der Waals surface area contributed by atoms with E-state index < -0.39 is 24.0 Å². The van der Waals surface area contributed by atoms with Crippen molar-refractivity contribution in [2.45, 2.75) is 64.1 Å². The van der Waals surface area contributed by atoms with Gasteiger partial charge in [-0.15, -0.1) is 12.4 Å². The van der Waals surface area contributed by atoms with E-state index in [1.54, 1.807) is 0 Å². The van der Waals surface area contributed by atoms with Gasteiger partial charge in [-0.25, -0.2) is 0 Å². The zero-order chi connectivity index (χ0) is 16.2. The first kappa shape index (κ1) is 20.6. The molecule has 0 bridgehead atoms. The molecule has 23 heavy (non-hydrogen) atoms. The van der Waals surface area contributed by atoms with Gasteiger partial charge in [-0.05, 0) is 56.5 Å². The molecule has 0 spiro atoms. The van der Waals surface area contributed by atoms with E-state index in [-0.39, 0.29) is 24.7 Å². The molecule has 3 nitrogen and oxygen atoms in total. The number of halogens is 4. The average molecular weight is 357 g/mol. The second-order valence-corrected chi connectivity index (χ2v) is 6.92. The van der Waals surface area contributed by atoms with Crippen LogP contribution in [0.1, 0.15) is 51.9 Å². The van der Waals surface area contributed by atoms with Crippen LogP contribution in [0.15, 0.2) is 0 Å². The molecule has 3 unspecified atom stereocenters. The van der Waals surface area contributed by atoms with Crippen molar-refractivity contribution >= 4 is 18.3 Å². The quantitative estimate of drug-likeness (QED) is 0.789. The van der Waals surface area contributed by atoms with Gasteiger partial charge in [-0.2, -0.15) is 13.2 Å². The maximum absolute atomic E-state index is 13.2. The molecule has 3 atom stereocenters. The largest absolute Gasteiger partial charge is 0.408 e. The van der Waals surface area contributed by atoms with Gasteiger partial charge >= 0.3 is 6.18 Å². The molecule has 1 aliphatic carbocycles. The van der Waals surface area contributed by atoms with Crippen LogP contribution >= 0.6 is 12.4 Å². The summed E-state index contributed by atoms with van der Waals surface area (Å²) in [6.45, 7) is 3.82. The first-order chi connectivity index (χ1) is 10.4. The Morgan fingerprint density at radius 2 is 1.78 bits per heavy atom. The summed E-state index contributed by atoms with van der Waals surface area (Å²) in [5.74, 6) is -0.400. The van der Waals surface area contributed by atoms with Crippen LogP contribution in [0, 0.1) is 17.8 Å². The Labute approximate surface area is 142 Å². The van der Waals surface area contributed by atoms with Crippen LogP contribution in [0.25, 0.3) is 0 Å². The molecule has 2 aliphatic rings. The van der Waals surface area contributed by atoms with Crippen molar-refractivity contribution < 1.29 is 18.0 Å². The Morgan fingerprint density at radius 1 is 1.17 bits per heavy atom. The molecule has 0 aromatic heterocycles. The Bertz CT molecular complexity index is 367. The molecular formula is C16H28ClF3N2O. The molecule has 1 saturated carbocycles. The monoisotopic (exact) mass is 356 g/mol. The van der Waals surface area contributed by atoms with Crippen LogP contribution < -0.4 is 10.6 Å². The fourth-order valence-electron chi connectivity index (χ4n) is 3.81. The third-order valence-electron chi connectivity index (χ3n) is 5.19. The fourth-order valence-corrected chi connectivity index (χ4v) is 3.81. The molecule has 2 N–H and O–H groups in total. The van der Waals surface area contributed by atoms with Crippen molar-refractivity contribution in [2.24, 2.45) is 17.8 Å². The van der Waals surface area contributed by atoms with Gasteiger partial charge in [-0.3, -0.25) is 4.79 Å². The van der Waals surface area contributed by atoms with Crippen LogP contribution in [0.2, 0.25) is 0 Å². The maximum atomic E-state index is 13.2. The highest BCUT2D eigenvalue weighted by molar-refractivity contribution is 5.85. The minimum Gasteiger partial charge on any atom is -0.344 e. The van der Waals surface area contributed by atoms with Crippen LogP contribution in [0.3, 0.4) is 0 Å². The summed E-state index contributed by atoms with van der Waals surface area (Å²) in [7, 11) is 0. The standard InChI is InChI=1S/C16H27F3N2O.ClH/c1-11(13-7-4-8-20-10-13)9-14(22)21-15(16(17,18)19)12-5-2-3-6-12;/h11-13,15,20H,2-10H2,1H3,(H,21,22);1H. The van der Waals surface area contributed by atoms with Gasteiger partial charge in [0.25, 0.3) is 0 Å². The Morgan fingerprint density at radius 3 is 2.30 bits per heavy atom. The number of carbonyl (C=O) groups is 1. The zero-order valence-corrected chi connectivity index (χ0v) is 14.4. The Balaban J connectivity index is 0.00000264. The molecule has 1 amide bonds. The lowest BCUT2D eigenvalue weighted by molar-refractivity contribution is -0.172. The summed E-state index contributed by atoms with van der Waals surface area (Å²) >= 11 is 0. The smallest absolute Gasteiger partial charge is 0.344 e. The maximum Gasteiger partial charge on any atom is 0.408 e. The summed E-state index contributed by atoms with van der Waals surface area (Å²) in [6.07, 6.45) is 0.746. The van der Waals surface area contributed by atoms with Crippen molar-refractivity contribution in [2.75, 3.05) is 13.1 Å². The Kier molecular flexibility index (Phi) is 8.14. The van der Waals surface area contributed by atoms with Gasteiger partial charge < -0.3 is 10.6 Å². The summed E-state index contributed by atoms with van der Waals surface area (Å²) in [5.41, 5.74) is 0. The number of amides is 1. The number of rotatable bonds is 5. The number of alkyl halides is 3. The summed E-state index contributed by atoms with van der Waals surface area (Å²) < 4.78 is 39.6. The number of hydrogen-bond donors (Lipinski definition) is 2. The van der Waals surface area contributed by atoms with Gasteiger partial charge in [0.2, 0.25) is 5.91 Å². The van der Waals surface area contributed by atoms with Gasteiger partial charge in [0, 0.05) is 6.42 Å². The first-order valence-corrected chi connectivity index (χ1v) is 8.44. The molecule has 1 aliphatic heterocycles. The van der Waals surface area contributed by atoms with Crippen LogP contribution in [0.5, 0.6) is 0 Å². The highest BCUT2D eigenvalue weighted by Gasteiger charge is 2.46. The fraction of sp³-hybridized carbons (Fsp3) is 0.938. The predicted octanol–water partition coefficient (Wildman–Crippen LogP) is 3.67. The molecule has 136 valence electrons. The molecule has 0 aromatic carbocycles. The summed E-state index contributed by atoms with van der Waals surface area (Å²) in [4.78, 5) is 12.1. The van der Waals surface area contributed by atoms with Crippen molar-refractivity contribution in [3.63, 3.8) is 0 Å². The van der Waals surface area contributed by atoms with Crippen LogP contribution in [0.4, 0.5) is 13.2 Å². The van der Waals surface area contributed by atoms with E-state index in [1.807, 2.05) is 6.92 Å². The highest BCUT2D eigenvalue weighted by atomic mass is 35.5. The van der Waals surface area contributed by atoms with Gasteiger partial charge in [0.05, 0.1) is 0 Å². The summed E-state index contributed by atoms with van der Waals surface area (Å²) in [5, 5.41) is 5.57. The number of hydrogen-bond acceptors (Lipinski definition) is 2. The van der Waals surface area contributed by atoms with E-state index in [4.69, 9.17) is 0 Å². The molecule has 1 saturated heterocycles. The Hall–Kier alpha value is -0.490. The normalized spacial score (nSPS) is 25.5. The number of nitrogens with one attached hydrogen (secondary N) is 2. The molecule has 7 heteroatoms. The zero-order valence-electron chi connectivity index (χ0n) is 13.6. The first-order valence-electron chi connectivity index (χ1n) is 8.44. The minimum absolute atomic E-state index is 0. The topological polar surface area (TPSA) is 41.1 Å². The van der Waals surface area contributed by atoms with E-state index >= 15 is 0 Å². The summed E-state index contributed by atoms with van der Waals surface area (Å²) in [6, 6.07) is -1.67. The van der Waals surface area contributed by atoms with E-state index in [0.717, 1.165) is 38.8 Å². The predicted molar refractivity (Wildman–Crippen MR) is 86.6 cm³/mol. The van der Waals surface area contributed by atoms with Crippen molar-refractivity contribution in [3.05, 3.63) is 0 Å². The molecule has 0 aromatic rings. The van der Waals surface area contributed by atoms with Gasteiger partial charge in [-0.1, -0.05) is 19.8 Å². The van der Waals surface area contributed by atoms with Crippen LogP contribution in [-0.2, 0) is 4.79 Å².